The van der Waals surface area contributed by atoms with Crippen LogP contribution in [-0.4, -0.2) is 24.2 Å². The topological polar surface area (TPSA) is 67.8 Å². The van der Waals surface area contributed by atoms with Gasteiger partial charge < -0.3 is 4.74 Å². The highest BCUT2D eigenvalue weighted by Gasteiger charge is 2.38. The molecule has 1 aliphatic heterocycles. The lowest BCUT2D eigenvalue weighted by atomic mass is 9.97. The van der Waals surface area contributed by atoms with Crippen LogP contribution in [0.25, 0.3) is 0 Å². The molecule has 5 nitrogen and oxygen atoms in total. The first-order valence-electron chi connectivity index (χ1n) is 5.25. The third-order valence-electron chi connectivity index (χ3n) is 2.66. The second-order valence-corrected chi connectivity index (χ2v) is 3.86. The van der Waals surface area contributed by atoms with Crippen molar-refractivity contribution >= 4 is 17.6 Å². The molecule has 1 aliphatic carbocycles. The van der Waals surface area contributed by atoms with Crippen molar-refractivity contribution in [3.05, 3.63) is 0 Å². The van der Waals surface area contributed by atoms with Gasteiger partial charge in [-0.15, -0.1) is 0 Å². The van der Waals surface area contributed by atoms with Crippen LogP contribution in [0, 0.1) is 11.8 Å². The van der Waals surface area contributed by atoms with Crippen molar-refractivity contribution in [2.75, 3.05) is 6.61 Å². The van der Waals surface area contributed by atoms with E-state index in [0.29, 0.717) is 18.9 Å². The summed E-state index contributed by atoms with van der Waals surface area (Å²) in [5, 5.41) is 3.97. The summed E-state index contributed by atoms with van der Waals surface area (Å²) in [7, 11) is 0. The van der Waals surface area contributed by atoms with Gasteiger partial charge in [0.05, 0.1) is 6.61 Å². The minimum atomic E-state index is -0.696. The highest BCUT2D eigenvalue weighted by molar-refractivity contribution is 6.05. The lowest BCUT2D eigenvalue weighted by Crippen LogP contribution is -2.40. The van der Waals surface area contributed by atoms with E-state index in [-0.39, 0.29) is 5.91 Å². The maximum Gasteiger partial charge on any atom is 0.318 e. The van der Waals surface area contributed by atoms with Crippen LogP contribution in [0.3, 0.4) is 0 Å². The van der Waals surface area contributed by atoms with E-state index in [0.717, 1.165) is 18.6 Å². The zero-order valence-electron chi connectivity index (χ0n) is 8.66. The van der Waals surface area contributed by atoms with E-state index in [1.54, 1.807) is 6.92 Å². The van der Waals surface area contributed by atoms with Gasteiger partial charge in [-0.05, 0) is 25.7 Å². The maximum atomic E-state index is 11.5. The van der Waals surface area contributed by atoms with Crippen molar-refractivity contribution in [1.82, 2.24) is 5.43 Å². The van der Waals surface area contributed by atoms with Crippen LogP contribution in [-0.2, 0) is 14.3 Å². The van der Waals surface area contributed by atoms with Crippen molar-refractivity contribution in [3.8, 4) is 0 Å². The second kappa shape index (κ2) is 4.00. The van der Waals surface area contributed by atoms with E-state index in [4.69, 9.17) is 4.74 Å². The summed E-state index contributed by atoms with van der Waals surface area (Å²) < 4.78 is 4.85. The number of rotatable bonds is 3. The van der Waals surface area contributed by atoms with Gasteiger partial charge in [0.1, 0.15) is 5.92 Å². The van der Waals surface area contributed by atoms with Crippen LogP contribution in [0.1, 0.15) is 26.2 Å². The van der Waals surface area contributed by atoms with Crippen LogP contribution in [0.15, 0.2) is 5.10 Å². The first kappa shape index (κ1) is 10.1. The zero-order chi connectivity index (χ0) is 10.8. The quantitative estimate of drug-likeness (QED) is 0.543. The number of nitrogens with zero attached hydrogens (tertiary/aromatic N) is 1. The molecule has 1 atom stereocenters. The summed E-state index contributed by atoms with van der Waals surface area (Å²) in [4.78, 5) is 22.8. The molecular formula is C10H14N2O3. The molecule has 15 heavy (non-hydrogen) atoms. The molecule has 1 fully saturated rings. The van der Waals surface area contributed by atoms with Gasteiger partial charge in [0.25, 0.3) is 5.91 Å². The molecule has 0 aromatic rings. The van der Waals surface area contributed by atoms with E-state index < -0.39 is 11.9 Å². The molecule has 2 aliphatic rings. The Balaban J connectivity index is 2.02. The molecule has 0 radical (unpaired) electrons. The fourth-order valence-corrected chi connectivity index (χ4v) is 1.66. The molecule has 1 heterocycles. The number of esters is 1. The number of ether oxygens (including phenoxy) is 1. The monoisotopic (exact) mass is 210 g/mol. The smallest absolute Gasteiger partial charge is 0.318 e. The first-order valence-corrected chi connectivity index (χ1v) is 5.25. The van der Waals surface area contributed by atoms with E-state index in [2.05, 4.69) is 10.5 Å². The minimum Gasteiger partial charge on any atom is -0.465 e. The van der Waals surface area contributed by atoms with Crippen LogP contribution < -0.4 is 5.43 Å². The summed E-state index contributed by atoms with van der Waals surface area (Å²) in [6.45, 7) is 2.03. The number of hydrogen-bond donors (Lipinski definition) is 1. The second-order valence-electron chi connectivity index (χ2n) is 3.86. The van der Waals surface area contributed by atoms with E-state index in [9.17, 15) is 9.59 Å². The molecule has 0 saturated heterocycles. The van der Waals surface area contributed by atoms with Crippen LogP contribution in [0.2, 0.25) is 0 Å². The number of nitrogens with one attached hydrogen (secondary N) is 1. The average molecular weight is 210 g/mol. The molecule has 0 aromatic carbocycles. The summed E-state index contributed by atoms with van der Waals surface area (Å²) >= 11 is 0. The Morgan fingerprint density at radius 1 is 1.60 bits per heavy atom. The highest BCUT2D eigenvalue weighted by Crippen LogP contribution is 2.34. The van der Waals surface area contributed by atoms with Crippen molar-refractivity contribution in [2.24, 2.45) is 16.9 Å². The van der Waals surface area contributed by atoms with Gasteiger partial charge in [0.15, 0.2) is 0 Å². The molecule has 1 N–H and O–H groups in total. The average Bonchev–Trinajstić information content (AvgIpc) is 3.02. The standard InChI is InChI=1S/C10H14N2O3/c1-2-15-10(14)7-5-8(6-3-4-6)11-12-9(7)13/h6-7H,2-5H2,1H3,(H,12,13). The molecule has 5 heteroatoms. The molecule has 0 aromatic heterocycles. The Labute approximate surface area is 87.9 Å². The van der Waals surface area contributed by atoms with Crippen LogP contribution >= 0.6 is 0 Å². The van der Waals surface area contributed by atoms with E-state index >= 15 is 0 Å². The van der Waals surface area contributed by atoms with Gasteiger partial charge in [-0.3, -0.25) is 9.59 Å². The van der Waals surface area contributed by atoms with Gasteiger partial charge in [0, 0.05) is 12.1 Å². The molecular weight excluding hydrogens is 196 g/mol. The van der Waals surface area contributed by atoms with Gasteiger partial charge in [0.2, 0.25) is 0 Å². The van der Waals surface area contributed by atoms with Gasteiger partial charge in [-0.1, -0.05) is 0 Å². The Bertz CT molecular complexity index is 321. The molecule has 1 unspecified atom stereocenters. The lowest BCUT2D eigenvalue weighted by molar-refractivity contribution is -0.152. The molecule has 1 saturated carbocycles. The molecule has 2 rings (SSSR count). The van der Waals surface area contributed by atoms with Crippen LogP contribution in [0.4, 0.5) is 0 Å². The molecule has 0 bridgehead atoms. The molecule has 0 spiro atoms. The number of hydrogen-bond acceptors (Lipinski definition) is 4. The van der Waals surface area contributed by atoms with Crippen molar-refractivity contribution in [1.29, 1.82) is 0 Å². The number of amides is 1. The fraction of sp³-hybridized carbons (Fsp3) is 0.700. The predicted octanol–water partition coefficient (Wildman–Crippen LogP) is 0.452. The molecule has 82 valence electrons. The Kier molecular flexibility index (Phi) is 2.70. The maximum absolute atomic E-state index is 11.5. The van der Waals surface area contributed by atoms with Crippen molar-refractivity contribution in [2.45, 2.75) is 26.2 Å². The third-order valence-corrected chi connectivity index (χ3v) is 2.66. The summed E-state index contributed by atoms with van der Waals surface area (Å²) in [6, 6.07) is 0. The van der Waals surface area contributed by atoms with E-state index in [1.807, 2.05) is 0 Å². The van der Waals surface area contributed by atoms with Crippen molar-refractivity contribution < 1.29 is 14.3 Å². The number of hydrazone groups is 1. The van der Waals surface area contributed by atoms with Gasteiger partial charge >= 0.3 is 5.97 Å². The SMILES string of the molecule is CCOC(=O)C1CC(C2CC2)=NNC1=O. The predicted molar refractivity (Wildman–Crippen MR) is 53.0 cm³/mol. The zero-order valence-corrected chi connectivity index (χ0v) is 8.66. The summed E-state index contributed by atoms with van der Waals surface area (Å²) in [5.74, 6) is -1.01. The van der Waals surface area contributed by atoms with E-state index in [1.165, 1.54) is 0 Å². The van der Waals surface area contributed by atoms with Crippen LogP contribution in [0.5, 0.6) is 0 Å². The highest BCUT2D eigenvalue weighted by atomic mass is 16.5. The number of carbonyl (C=O) groups is 2. The largest absolute Gasteiger partial charge is 0.465 e. The summed E-state index contributed by atoms with van der Waals surface area (Å²) in [6.07, 6.45) is 2.66. The minimum absolute atomic E-state index is 0.304. The van der Waals surface area contributed by atoms with Gasteiger partial charge in [-0.2, -0.15) is 5.10 Å². The Hall–Kier alpha value is -1.39. The Morgan fingerprint density at radius 3 is 2.93 bits per heavy atom. The Morgan fingerprint density at radius 2 is 2.33 bits per heavy atom. The normalized spacial score (nSPS) is 25.5. The molecule has 1 amide bonds. The fourth-order valence-electron chi connectivity index (χ4n) is 1.66. The van der Waals surface area contributed by atoms with Crippen molar-refractivity contribution in [3.63, 3.8) is 0 Å². The first-order chi connectivity index (χ1) is 7.22. The third kappa shape index (κ3) is 2.16. The van der Waals surface area contributed by atoms with Gasteiger partial charge in [-0.25, -0.2) is 5.43 Å². The lowest BCUT2D eigenvalue weighted by Gasteiger charge is -2.19. The number of carbonyl (C=O) groups excluding carboxylic acids is 2. The summed E-state index contributed by atoms with van der Waals surface area (Å²) in [5.41, 5.74) is 3.33.